The lowest BCUT2D eigenvalue weighted by molar-refractivity contribution is -0.138. The maximum atomic E-state index is 11.7. The van der Waals surface area contributed by atoms with Gasteiger partial charge < -0.3 is 10.5 Å². The second kappa shape index (κ2) is 5.44. The predicted molar refractivity (Wildman–Crippen MR) is 44.4 cm³/mol. The molecule has 0 spiro atoms. The molecule has 5 heteroatoms. The smallest absolute Gasteiger partial charge is 0.377 e. The third-order valence-corrected chi connectivity index (χ3v) is 1.73. The van der Waals surface area contributed by atoms with Gasteiger partial charge in [-0.25, -0.2) is 0 Å². The molecule has 0 radical (unpaired) electrons. The molecular formula is C8H16F3NO. The molecule has 0 aromatic heterocycles. The van der Waals surface area contributed by atoms with Crippen molar-refractivity contribution in [3.8, 4) is 0 Å². The summed E-state index contributed by atoms with van der Waals surface area (Å²) in [4.78, 5) is 0. The molecule has 0 heterocycles. The molecule has 0 bridgehead atoms. The van der Waals surface area contributed by atoms with Crippen LogP contribution in [0.25, 0.3) is 0 Å². The molecule has 0 saturated heterocycles. The van der Waals surface area contributed by atoms with Crippen molar-refractivity contribution in [3.63, 3.8) is 0 Å². The van der Waals surface area contributed by atoms with E-state index in [4.69, 9.17) is 10.5 Å². The van der Waals surface area contributed by atoms with Gasteiger partial charge in [-0.05, 0) is 20.3 Å². The van der Waals surface area contributed by atoms with Gasteiger partial charge in [-0.3, -0.25) is 0 Å². The van der Waals surface area contributed by atoms with Gasteiger partial charge in [0.05, 0.1) is 6.10 Å². The predicted octanol–water partition coefficient (Wildman–Crippen LogP) is 2.08. The first-order valence-electron chi connectivity index (χ1n) is 4.27. The lowest BCUT2D eigenvalue weighted by Crippen LogP contribution is -2.31. The van der Waals surface area contributed by atoms with Crippen LogP contribution < -0.4 is 5.73 Å². The third kappa shape index (κ3) is 8.05. The van der Waals surface area contributed by atoms with Crippen LogP contribution in [0.2, 0.25) is 0 Å². The Morgan fingerprint density at radius 2 is 1.85 bits per heavy atom. The molecule has 0 aromatic rings. The minimum Gasteiger partial charge on any atom is -0.377 e. The number of rotatable bonds is 5. The van der Waals surface area contributed by atoms with Crippen molar-refractivity contribution in [3.05, 3.63) is 0 Å². The van der Waals surface area contributed by atoms with E-state index in [1.165, 1.54) is 0 Å². The number of hydrogen-bond donors (Lipinski definition) is 1. The summed E-state index contributed by atoms with van der Waals surface area (Å²) in [5.41, 5.74) is 5.46. The van der Waals surface area contributed by atoms with Crippen LogP contribution in [-0.4, -0.2) is 24.9 Å². The standard InChI is InChI=1S/C8H16F3NO/c1-6(12)7(2)13-5-3-4-8(9,10)11/h6-7H,3-5,12H2,1-2H3. The normalized spacial score (nSPS) is 17.1. The summed E-state index contributed by atoms with van der Waals surface area (Å²) in [5.74, 6) is 0. The zero-order valence-electron chi connectivity index (χ0n) is 7.90. The van der Waals surface area contributed by atoms with Crippen LogP contribution in [0.3, 0.4) is 0 Å². The lowest BCUT2D eigenvalue weighted by atomic mass is 10.2. The fourth-order valence-electron chi connectivity index (χ4n) is 0.694. The van der Waals surface area contributed by atoms with Crippen LogP contribution >= 0.6 is 0 Å². The average Bonchev–Trinajstić information content (AvgIpc) is 1.95. The van der Waals surface area contributed by atoms with Crippen molar-refractivity contribution in [1.29, 1.82) is 0 Å². The molecule has 0 amide bonds. The zero-order valence-corrected chi connectivity index (χ0v) is 7.90. The Hall–Kier alpha value is -0.290. The van der Waals surface area contributed by atoms with Crippen LogP contribution in [0.1, 0.15) is 26.7 Å². The monoisotopic (exact) mass is 199 g/mol. The molecule has 13 heavy (non-hydrogen) atoms. The summed E-state index contributed by atoms with van der Waals surface area (Å²) in [6.45, 7) is 3.62. The van der Waals surface area contributed by atoms with Gasteiger partial charge in [0.2, 0.25) is 0 Å². The van der Waals surface area contributed by atoms with Crippen LogP contribution in [0.15, 0.2) is 0 Å². The number of nitrogens with two attached hydrogens (primary N) is 1. The molecule has 0 aliphatic carbocycles. The van der Waals surface area contributed by atoms with E-state index in [0.717, 1.165) is 0 Å². The summed E-state index contributed by atoms with van der Waals surface area (Å²) in [6.07, 6.45) is -5.06. The van der Waals surface area contributed by atoms with Crippen molar-refractivity contribution in [2.24, 2.45) is 5.73 Å². The molecule has 2 unspecified atom stereocenters. The Morgan fingerprint density at radius 3 is 2.23 bits per heavy atom. The van der Waals surface area contributed by atoms with Gasteiger partial charge in [-0.2, -0.15) is 13.2 Å². The van der Waals surface area contributed by atoms with E-state index >= 15 is 0 Å². The first kappa shape index (κ1) is 12.7. The third-order valence-electron chi connectivity index (χ3n) is 1.73. The van der Waals surface area contributed by atoms with Gasteiger partial charge in [0.1, 0.15) is 0 Å². The summed E-state index contributed by atoms with van der Waals surface area (Å²) in [5, 5.41) is 0. The summed E-state index contributed by atoms with van der Waals surface area (Å²) >= 11 is 0. The van der Waals surface area contributed by atoms with E-state index in [1.54, 1.807) is 13.8 Å². The van der Waals surface area contributed by atoms with E-state index in [2.05, 4.69) is 0 Å². The largest absolute Gasteiger partial charge is 0.389 e. The van der Waals surface area contributed by atoms with Crippen LogP contribution in [-0.2, 0) is 4.74 Å². The lowest BCUT2D eigenvalue weighted by Gasteiger charge is -2.16. The van der Waals surface area contributed by atoms with Gasteiger partial charge in [-0.15, -0.1) is 0 Å². The maximum Gasteiger partial charge on any atom is 0.389 e. The Morgan fingerprint density at radius 1 is 1.31 bits per heavy atom. The fourth-order valence-corrected chi connectivity index (χ4v) is 0.694. The first-order chi connectivity index (χ1) is 5.83. The molecule has 0 aliphatic rings. The number of hydrogen-bond acceptors (Lipinski definition) is 2. The van der Waals surface area contributed by atoms with Crippen molar-refractivity contribution in [1.82, 2.24) is 0 Å². The highest BCUT2D eigenvalue weighted by atomic mass is 19.4. The average molecular weight is 199 g/mol. The summed E-state index contributed by atoms with van der Waals surface area (Å²) in [7, 11) is 0. The quantitative estimate of drug-likeness (QED) is 0.688. The van der Waals surface area contributed by atoms with Crippen molar-refractivity contribution >= 4 is 0 Å². The Bertz CT molecular complexity index is 136. The Labute approximate surface area is 76.2 Å². The van der Waals surface area contributed by atoms with Crippen LogP contribution in [0, 0.1) is 0 Å². The summed E-state index contributed by atoms with van der Waals surface area (Å²) in [6, 6.07) is -0.147. The van der Waals surface area contributed by atoms with E-state index in [1.807, 2.05) is 0 Å². The Balaban J connectivity index is 3.36. The second-order valence-electron chi connectivity index (χ2n) is 3.15. The molecular weight excluding hydrogens is 183 g/mol. The number of alkyl halides is 3. The molecule has 2 atom stereocenters. The van der Waals surface area contributed by atoms with Crippen LogP contribution in [0.5, 0.6) is 0 Å². The molecule has 2 nitrogen and oxygen atoms in total. The van der Waals surface area contributed by atoms with Gasteiger partial charge in [-0.1, -0.05) is 0 Å². The second-order valence-corrected chi connectivity index (χ2v) is 3.15. The number of ether oxygens (including phenoxy) is 1. The first-order valence-corrected chi connectivity index (χ1v) is 4.27. The molecule has 0 saturated carbocycles. The van der Waals surface area contributed by atoms with E-state index in [-0.39, 0.29) is 25.2 Å². The molecule has 0 aromatic carbocycles. The minimum absolute atomic E-state index is 0.000556. The Kier molecular flexibility index (Phi) is 5.32. The highest BCUT2D eigenvalue weighted by molar-refractivity contribution is 4.62. The molecule has 0 aliphatic heterocycles. The van der Waals surface area contributed by atoms with Gasteiger partial charge in [0, 0.05) is 19.1 Å². The zero-order chi connectivity index (χ0) is 10.5. The van der Waals surface area contributed by atoms with Crippen molar-refractivity contribution in [2.75, 3.05) is 6.61 Å². The summed E-state index contributed by atoms with van der Waals surface area (Å²) < 4.78 is 40.0. The van der Waals surface area contributed by atoms with E-state index in [0.29, 0.717) is 0 Å². The minimum atomic E-state index is -4.08. The van der Waals surface area contributed by atoms with E-state index in [9.17, 15) is 13.2 Å². The molecule has 0 fully saturated rings. The van der Waals surface area contributed by atoms with Gasteiger partial charge in [0.15, 0.2) is 0 Å². The SMILES string of the molecule is CC(N)C(C)OCCCC(F)(F)F. The fraction of sp³-hybridized carbons (Fsp3) is 1.00. The van der Waals surface area contributed by atoms with Gasteiger partial charge >= 0.3 is 6.18 Å². The van der Waals surface area contributed by atoms with Crippen molar-refractivity contribution in [2.45, 2.75) is 45.0 Å². The molecule has 80 valence electrons. The highest BCUT2D eigenvalue weighted by Crippen LogP contribution is 2.21. The van der Waals surface area contributed by atoms with Crippen LogP contribution in [0.4, 0.5) is 13.2 Å². The number of halogens is 3. The molecule has 2 N–H and O–H groups in total. The van der Waals surface area contributed by atoms with E-state index < -0.39 is 12.6 Å². The highest BCUT2D eigenvalue weighted by Gasteiger charge is 2.26. The molecule has 0 rings (SSSR count). The maximum absolute atomic E-state index is 11.7. The van der Waals surface area contributed by atoms with Crippen molar-refractivity contribution < 1.29 is 17.9 Å². The van der Waals surface area contributed by atoms with Gasteiger partial charge in [0.25, 0.3) is 0 Å². The topological polar surface area (TPSA) is 35.2 Å².